The van der Waals surface area contributed by atoms with E-state index in [4.69, 9.17) is 4.74 Å². The Morgan fingerprint density at radius 2 is 1.78 bits per heavy atom. The van der Waals surface area contributed by atoms with Gasteiger partial charge in [0.15, 0.2) is 0 Å². The largest absolute Gasteiger partial charge is 0.457 e. The SMILES string of the molecule is Cc1cn(-c2ccc3n(c2=O)CCN(c2cccc(Oc4ccc(F)cc4)c2)C3=O)cn1. The Balaban J connectivity index is 1.43. The zero-order valence-electron chi connectivity index (χ0n) is 17.2. The Hall–Kier alpha value is -4.20. The van der Waals surface area contributed by atoms with Crippen molar-refractivity contribution in [2.75, 3.05) is 11.4 Å². The number of nitrogens with zero attached hydrogens (tertiary/aromatic N) is 4. The normalized spacial score (nSPS) is 13.2. The molecule has 0 spiro atoms. The quantitative estimate of drug-likeness (QED) is 0.492. The molecule has 0 unspecified atom stereocenters. The number of rotatable bonds is 4. The van der Waals surface area contributed by atoms with Gasteiger partial charge in [-0.1, -0.05) is 6.07 Å². The number of hydrogen-bond acceptors (Lipinski definition) is 4. The Labute approximate surface area is 182 Å². The van der Waals surface area contributed by atoms with Crippen molar-refractivity contribution in [1.29, 1.82) is 0 Å². The van der Waals surface area contributed by atoms with E-state index in [-0.39, 0.29) is 17.3 Å². The number of carbonyl (C=O) groups excluding carboxylic acids is 1. The van der Waals surface area contributed by atoms with Crippen molar-refractivity contribution in [2.24, 2.45) is 0 Å². The topological polar surface area (TPSA) is 69.4 Å². The highest BCUT2D eigenvalue weighted by Crippen LogP contribution is 2.28. The lowest BCUT2D eigenvalue weighted by molar-refractivity contribution is 0.0963. The first-order valence-electron chi connectivity index (χ1n) is 10.1. The summed E-state index contributed by atoms with van der Waals surface area (Å²) in [5.41, 5.74) is 2.00. The van der Waals surface area contributed by atoms with Crippen LogP contribution in [0, 0.1) is 12.7 Å². The monoisotopic (exact) mass is 430 g/mol. The molecule has 4 aromatic rings. The number of imidazole rings is 1. The maximum absolute atomic E-state index is 13.2. The van der Waals surface area contributed by atoms with Gasteiger partial charge in [-0.05, 0) is 55.5 Å². The summed E-state index contributed by atoms with van der Waals surface area (Å²) < 4.78 is 22.1. The zero-order chi connectivity index (χ0) is 22.2. The third-order valence-corrected chi connectivity index (χ3v) is 5.33. The van der Waals surface area contributed by atoms with E-state index < -0.39 is 0 Å². The Morgan fingerprint density at radius 3 is 2.53 bits per heavy atom. The molecular formula is C24H19FN4O3. The Kier molecular flexibility index (Phi) is 4.82. The Bertz CT molecular complexity index is 1370. The fraction of sp³-hybridized carbons (Fsp3) is 0.125. The van der Waals surface area contributed by atoms with Gasteiger partial charge in [0.05, 0.1) is 12.0 Å². The van der Waals surface area contributed by atoms with Crippen LogP contribution in [0.15, 0.2) is 78.0 Å². The van der Waals surface area contributed by atoms with Crippen LogP contribution in [0.2, 0.25) is 0 Å². The van der Waals surface area contributed by atoms with Crippen molar-refractivity contribution in [3.05, 3.63) is 101 Å². The van der Waals surface area contributed by atoms with E-state index in [1.165, 1.54) is 28.8 Å². The number of aromatic nitrogens is 3. The average molecular weight is 430 g/mol. The summed E-state index contributed by atoms with van der Waals surface area (Å²) in [6, 6.07) is 16.1. The molecule has 0 radical (unpaired) electrons. The standard InChI is InChI=1S/C24H19FN4O3/c1-16-14-27(15-26-16)21-9-10-22-24(31)28(11-12-29(22)23(21)30)18-3-2-4-20(13-18)32-19-7-5-17(25)6-8-19/h2-10,13-15H,11-12H2,1H3. The number of halogens is 1. The van der Waals surface area contributed by atoms with Gasteiger partial charge in [0.1, 0.15) is 28.7 Å². The van der Waals surface area contributed by atoms with Gasteiger partial charge < -0.3 is 18.8 Å². The second kappa shape index (κ2) is 7.81. The minimum Gasteiger partial charge on any atom is -0.457 e. The van der Waals surface area contributed by atoms with E-state index in [0.29, 0.717) is 41.7 Å². The molecule has 0 saturated carbocycles. The van der Waals surface area contributed by atoms with E-state index >= 15 is 0 Å². The third kappa shape index (κ3) is 3.56. The summed E-state index contributed by atoms with van der Waals surface area (Å²) in [5.74, 6) is 0.411. The molecule has 0 atom stereocenters. The van der Waals surface area contributed by atoms with Crippen LogP contribution in [0.1, 0.15) is 16.2 Å². The van der Waals surface area contributed by atoms with Crippen molar-refractivity contribution in [3.8, 4) is 17.2 Å². The lowest BCUT2D eigenvalue weighted by Gasteiger charge is -2.30. The first-order chi connectivity index (χ1) is 15.5. The molecule has 2 aromatic heterocycles. The average Bonchev–Trinajstić information content (AvgIpc) is 3.22. The number of hydrogen-bond donors (Lipinski definition) is 0. The van der Waals surface area contributed by atoms with Crippen molar-refractivity contribution in [2.45, 2.75) is 13.5 Å². The van der Waals surface area contributed by atoms with Gasteiger partial charge >= 0.3 is 0 Å². The van der Waals surface area contributed by atoms with Gasteiger partial charge in [-0.3, -0.25) is 9.59 Å². The van der Waals surface area contributed by atoms with Crippen LogP contribution < -0.4 is 15.2 Å². The fourth-order valence-corrected chi connectivity index (χ4v) is 3.76. The summed E-state index contributed by atoms with van der Waals surface area (Å²) >= 11 is 0. The van der Waals surface area contributed by atoms with Gasteiger partial charge in [0.25, 0.3) is 11.5 Å². The van der Waals surface area contributed by atoms with E-state index in [1.807, 2.05) is 13.0 Å². The molecule has 1 amide bonds. The highest BCUT2D eigenvalue weighted by Gasteiger charge is 2.27. The minimum atomic E-state index is -0.342. The zero-order valence-corrected chi connectivity index (χ0v) is 17.2. The molecule has 0 N–H and O–H groups in total. The molecule has 3 heterocycles. The number of amides is 1. The highest BCUT2D eigenvalue weighted by molar-refractivity contribution is 6.05. The summed E-state index contributed by atoms with van der Waals surface area (Å²) in [6.45, 7) is 2.56. The summed E-state index contributed by atoms with van der Waals surface area (Å²) in [4.78, 5) is 32.0. The van der Waals surface area contributed by atoms with Crippen LogP contribution in [0.3, 0.4) is 0 Å². The predicted molar refractivity (Wildman–Crippen MR) is 117 cm³/mol. The molecule has 160 valence electrons. The van der Waals surface area contributed by atoms with Crippen LogP contribution in [-0.2, 0) is 6.54 Å². The number of ether oxygens (including phenoxy) is 1. The number of benzene rings is 2. The van der Waals surface area contributed by atoms with Crippen molar-refractivity contribution in [3.63, 3.8) is 0 Å². The summed E-state index contributed by atoms with van der Waals surface area (Å²) in [7, 11) is 0. The first-order valence-corrected chi connectivity index (χ1v) is 10.1. The van der Waals surface area contributed by atoms with E-state index in [0.717, 1.165) is 5.69 Å². The molecular weight excluding hydrogens is 411 g/mol. The van der Waals surface area contributed by atoms with Gasteiger partial charge in [-0.25, -0.2) is 9.37 Å². The van der Waals surface area contributed by atoms with Crippen LogP contribution in [0.5, 0.6) is 11.5 Å². The van der Waals surface area contributed by atoms with Gasteiger partial charge in [-0.2, -0.15) is 0 Å². The maximum atomic E-state index is 13.2. The van der Waals surface area contributed by atoms with Gasteiger partial charge in [-0.15, -0.1) is 0 Å². The van der Waals surface area contributed by atoms with Gasteiger partial charge in [0, 0.05) is 31.0 Å². The molecule has 0 fully saturated rings. The highest BCUT2D eigenvalue weighted by atomic mass is 19.1. The smallest absolute Gasteiger partial charge is 0.275 e. The Morgan fingerprint density at radius 1 is 0.969 bits per heavy atom. The molecule has 8 heteroatoms. The fourth-order valence-electron chi connectivity index (χ4n) is 3.76. The van der Waals surface area contributed by atoms with Crippen LogP contribution in [0.25, 0.3) is 5.69 Å². The molecule has 1 aliphatic rings. The number of carbonyl (C=O) groups is 1. The summed E-state index contributed by atoms with van der Waals surface area (Å²) in [6.07, 6.45) is 3.36. The van der Waals surface area contributed by atoms with E-state index in [1.54, 1.807) is 52.3 Å². The van der Waals surface area contributed by atoms with Crippen molar-refractivity contribution in [1.82, 2.24) is 14.1 Å². The van der Waals surface area contributed by atoms with Crippen LogP contribution >= 0.6 is 0 Å². The van der Waals surface area contributed by atoms with Crippen molar-refractivity contribution < 1.29 is 13.9 Å². The molecule has 1 aliphatic heterocycles. The summed E-state index contributed by atoms with van der Waals surface area (Å²) in [5, 5.41) is 0. The molecule has 7 nitrogen and oxygen atoms in total. The van der Waals surface area contributed by atoms with Crippen molar-refractivity contribution >= 4 is 11.6 Å². The van der Waals surface area contributed by atoms with Gasteiger partial charge in [0.2, 0.25) is 0 Å². The second-order valence-corrected chi connectivity index (χ2v) is 7.49. The lowest BCUT2D eigenvalue weighted by atomic mass is 10.2. The van der Waals surface area contributed by atoms with Crippen LogP contribution in [0.4, 0.5) is 10.1 Å². The second-order valence-electron chi connectivity index (χ2n) is 7.49. The number of pyridine rings is 1. The molecule has 0 aliphatic carbocycles. The third-order valence-electron chi connectivity index (χ3n) is 5.33. The van der Waals surface area contributed by atoms with E-state index in [9.17, 15) is 14.0 Å². The number of aryl methyl sites for hydroxylation is 1. The van der Waals surface area contributed by atoms with Crippen LogP contribution in [-0.4, -0.2) is 26.6 Å². The maximum Gasteiger partial charge on any atom is 0.275 e. The number of fused-ring (bicyclic) bond motifs is 1. The first kappa shape index (κ1) is 19.7. The molecule has 0 saturated heterocycles. The molecule has 32 heavy (non-hydrogen) atoms. The molecule has 0 bridgehead atoms. The lowest BCUT2D eigenvalue weighted by Crippen LogP contribution is -2.45. The minimum absolute atomic E-state index is 0.235. The number of anilines is 1. The molecule has 2 aromatic carbocycles. The predicted octanol–water partition coefficient (Wildman–Crippen LogP) is 3.93. The molecule has 5 rings (SSSR count). The van der Waals surface area contributed by atoms with E-state index in [2.05, 4.69) is 4.98 Å².